The van der Waals surface area contributed by atoms with Crippen molar-refractivity contribution >= 4 is 55.3 Å². The summed E-state index contributed by atoms with van der Waals surface area (Å²) in [6.45, 7) is 1.90. The molecule has 0 fully saturated rings. The van der Waals surface area contributed by atoms with Gasteiger partial charge in [-0.2, -0.15) is 8.42 Å². The Morgan fingerprint density at radius 3 is 2.14 bits per heavy atom. The fraction of sp³-hybridized carbons (Fsp3) is 0.250. The summed E-state index contributed by atoms with van der Waals surface area (Å²) < 4.78 is 27.5. The average Bonchev–Trinajstić information content (AvgIpc) is 2.02. The predicted octanol–water partition coefficient (Wildman–Crippen LogP) is 2.85. The standard InChI is InChI=1S/C8H8I2O3S/c1-6-2-4-7(5-3-6)14(11,12)13-8(9)10/h2-5,8H,1H3. The van der Waals surface area contributed by atoms with Crippen LogP contribution in [-0.2, 0) is 14.3 Å². The molecule has 0 N–H and O–H groups in total. The molecule has 1 rings (SSSR count). The van der Waals surface area contributed by atoms with E-state index in [0.29, 0.717) is 0 Å². The van der Waals surface area contributed by atoms with Crippen molar-refractivity contribution in [1.82, 2.24) is 0 Å². The number of alkyl halides is 2. The highest BCUT2D eigenvalue weighted by atomic mass is 127. The van der Waals surface area contributed by atoms with Crippen molar-refractivity contribution in [2.45, 2.75) is 13.9 Å². The van der Waals surface area contributed by atoms with Gasteiger partial charge in [-0.05, 0) is 64.2 Å². The fourth-order valence-electron chi connectivity index (χ4n) is 0.856. The minimum Gasteiger partial charge on any atom is -0.242 e. The average molecular weight is 438 g/mol. The Hall–Kier alpha value is 0.590. The first-order chi connectivity index (χ1) is 6.42. The number of halogens is 2. The third kappa shape index (κ3) is 3.63. The van der Waals surface area contributed by atoms with Gasteiger partial charge in [0, 0.05) is 0 Å². The van der Waals surface area contributed by atoms with Gasteiger partial charge in [-0.3, -0.25) is 0 Å². The molecule has 0 bridgehead atoms. The van der Waals surface area contributed by atoms with E-state index in [4.69, 9.17) is 4.18 Å². The van der Waals surface area contributed by atoms with Crippen molar-refractivity contribution in [2.75, 3.05) is 0 Å². The van der Waals surface area contributed by atoms with Gasteiger partial charge in [0.1, 0.15) is 0 Å². The predicted molar refractivity (Wildman–Crippen MR) is 71.3 cm³/mol. The molecule has 0 amide bonds. The lowest BCUT2D eigenvalue weighted by Gasteiger charge is -2.05. The summed E-state index contributed by atoms with van der Waals surface area (Å²) in [6, 6.07) is 6.57. The molecule has 0 aliphatic heterocycles. The number of hydrogen-bond donors (Lipinski definition) is 0. The number of aryl methyl sites for hydroxylation is 1. The van der Waals surface area contributed by atoms with Gasteiger partial charge < -0.3 is 0 Å². The summed E-state index contributed by atoms with van der Waals surface area (Å²) in [6.07, 6.45) is 0. The molecule has 78 valence electrons. The van der Waals surface area contributed by atoms with E-state index in [2.05, 4.69) is 0 Å². The lowest BCUT2D eigenvalue weighted by molar-refractivity contribution is 0.379. The number of rotatable bonds is 3. The molecule has 1 aromatic carbocycles. The quantitative estimate of drug-likeness (QED) is 0.415. The molecule has 0 heterocycles. The topological polar surface area (TPSA) is 43.4 Å². The van der Waals surface area contributed by atoms with E-state index >= 15 is 0 Å². The zero-order valence-electron chi connectivity index (χ0n) is 7.28. The Bertz CT molecular complexity index is 397. The van der Waals surface area contributed by atoms with Crippen molar-refractivity contribution in [2.24, 2.45) is 0 Å². The van der Waals surface area contributed by atoms with E-state index in [1.165, 1.54) is 0 Å². The van der Waals surface area contributed by atoms with Gasteiger partial charge in [0.25, 0.3) is 10.1 Å². The zero-order chi connectivity index (χ0) is 10.8. The molecule has 0 spiro atoms. The van der Waals surface area contributed by atoms with Crippen LogP contribution in [0.1, 0.15) is 5.56 Å². The molecule has 0 aliphatic rings. The van der Waals surface area contributed by atoms with Crippen molar-refractivity contribution in [3.63, 3.8) is 0 Å². The van der Waals surface area contributed by atoms with Gasteiger partial charge in [-0.1, -0.05) is 17.7 Å². The highest BCUT2D eigenvalue weighted by Gasteiger charge is 2.17. The minimum atomic E-state index is -3.59. The van der Waals surface area contributed by atoms with Crippen LogP contribution in [0, 0.1) is 6.92 Å². The minimum absolute atomic E-state index is 0.196. The Balaban J connectivity index is 2.99. The molecule has 0 saturated heterocycles. The van der Waals surface area contributed by atoms with E-state index in [-0.39, 0.29) is 4.90 Å². The van der Waals surface area contributed by atoms with Crippen LogP contribution in [0.4, 0.5) is 0 Å². The molecule has 14 heavy (non-hydrogen) atoms. The molecule has 0 unspecified atom stereocenters. The summed E-state index contributed by atoms with van der Waals surface area (Å²) in [5, 5.41) is 0. The van der Waals surface area contributed by atoms with Crippen LogP contribution in [0.25, 0.3) is 0 Å². The largest absolute Gasteiger partial charge is 0.298 e. The van der Waals surface area contributed by atoms with E-state index in [1.807, 2.05) is 52.1 Å². The molecule has 1 aromatic rings. The molecule has 6 heteroatoms. The van der Waals surface area contributed by atoms with Gasteiger partial charge in [0.05, 0.1) is 4.90 Å². The first kappa shape index (κ1) is 12.7. The van der Waals surface area contributed by atoms with Crippen molar-refractivity contribution < 1.29 is 12.6 Å². The van der Waals surface area contributed by atoms with Gasteiger partial charge in [-0.15, -0.1) is 0 Å². The summed E-state index contributed by atoms with van der Waals surface area (Å²) >= 11 is 3.77. The Morgan fingerprint density at radius 1 is 1.21 bits per heavy atom. The summed E-state index contributed by atoms with van der Waals surface area (Å²) in [5.41, 5.74) is 1.02. The third-order valence-electron chi connectivity index (χ3n) is 1.51. The number of hydrogen-bond acceptors (Lipinski definition) is 3. The van der Waals surface area contributed by atoms with Crippen LogP contribution in [0.2, 0.25) is 0 Å². The third-order valence-corrected chi connectivity index (χ3v) is 4.00. The molecular weight excluding hydrogens is 430 g/mol. The highest BCUT2D eigenvalue weighted by molar-refractivity contribution is 14.2. The first-order valence-corrected chi connectivity index (χ1v) is 7.60. The summed E-state index contributed by atoms with van der Waals surface area (Å²) in [4.78, 5) is 0.196. The normalized spacial score (nSPS) is 12.0. The van der Waals surface area contributed by atoms with E-state index in [9.17, 15) is 8.42 Å². The van der Waals surface area contributed by atoms with Crippen LogP contribution < -0.4 is 0 Å². The molecule has 0 aromatic heterocycles. The molecular formula is C8H8I2O3S. The van der Waals surface area contributed by atoms with Gasteiger partial charge in [0.2, 0.25) is 0 Å². The van der Waals surface area contributed by atoms with Gasteiger partial charge in [0.15, 0.2) is 2.12 Å². The Morgan fingerprint density at radius 2 is 1.71 bits per heavy atom. The number of benzene rings is 1. The highest BCUT2D eigenvalue weighted by Crippen LogP contribution is 2.20. The smallest absolute Gasteiger partial charge is 0.242 e. The molecule has 3 nitrogen and oxygen atoms in total. The van der Waals surface area contributed by atoms with Crippen LogP contribution in [-0.4, -0.2) is 10.5 Å². The SMILES string of the molecule is Cc1ccc(S(=O)(=O)OC(I)I)cc1. The second-order valence-corrected chi connectivity index (χ2v) is 8.84. The van der Waals surface area contributed by atoms with Crippen LogP contribution in [0.3, 0.4) is 0 Å². The second kappa shape index (κ2) is 5.08. The van der Waals surface area contributed by atoms with Gasteiger partial charge in [-0.25, -0.2) is 4.18 Å². The van der Waals surface area contributed by atoms with Crippen LogP contribution in [0.5, 0.6) is 0 Å². The maximum atomic E-state index is 11.5. The monoisotopic (exact) mass is 438 g/mol. The lowest BCUT2D eigenvalue weighted by atomic mass is 10.2. The first-order valence-electron chi connectivity index (χ1n) is 3.70. The molecule has 0 saturated carbocycles. The lowest BCUT2D eigenvalue weighted by Crippen LogP contribution is -2.08. The van der Waals surface area contributed by atoms with Crippen molar-refractivity contribution in [1.29, 1.82) is 0 Å². The van der Waals surface area contributed by atoms with E-state index < -0.39 is 12.2 Å². The fourth-order valence-corrected chi connectivity index (χ4v) is 3.27. The summed E-state index contributed by atoms with van der Waals surface area (Å²) in [5.74, 6) is 0. The van der Waals surface area contributed by atoms with Crippen LogP contribution >= 0.6 is 45.2 Å². The Kier molecular flexibility index (Phi) is 4.59. The van der Waals surface area contributed by atoms with Crippen LogP contribution in [0.15, 0.2) is 29.2 Å². The van der Waals surface area contributed by atoms with E-state index in [0.717, 1.165) is 5.56 Å². The summed E-state index contributed by atoms with van der Waals surface area (Å²) in [7, 11) is -3.59. The van der Waals surface area contributed by atoms with E-state index in [1.54, 1.807) is 24.3 Å². The zero-order valence-corrected chi connectivity index (χ0v) is 12.4. The maximum absolute atomic E-state index is 11.5. The van der Waals surface area contributed by atoms with Crippen molar-refractivity contribution in [3.05, 3.63) is 29.8 Å². The molecule has 0 radical (unpaired) electrons. The van der Waals surface area contributed by atoms with Crippen molar-refractivity contribution in [3.8, 4) is 0 Å². The van der Waals surface area contributed by atoms with Gasteiger partial charge >= 0.3 is 0 Å². The Labute approximate surface area is 111 Å². The second-order valence-electron chi connectivity index (χ2n) is 2.62. The maximum Gasteiger partial charge on any atom is 0.298 e. The molecule has 0 aliphatic carbocycles. The molecule has 0 atom stereocenters.